The number of rotatable bonds is 8. The van der Waals surface area contributed by atoms with E-state index in [0.717, 1.165) is 31.8 Å². The number of allylic oxidation sites excluding steroid dienone is 3. The third kappa shape index (κ3) is 7.68. The molecule has 3 aliphatic rings. The van der Waals surface area contributed by atoms with Crippen LogP contribution in [0.25, 0.3) is 5.57 Å². The fraction of sp³-hybridized carbons (Fsp3) is 0.607. The molecular formula is C28H38F4N6O3S. The number of guanidine groups is 1. The average molecular weight is 615 g/mol. The maximum absolute atomic E-state index is 15.0. The molecule has 0 spiro atoms. The summed E-state index contributed by atoms with van der Waals surface area (Å²) in [5.41, 5.74) is 0.723. The van der Waals surface area contributed by atoms with Gasteiger partial charge in [-0.15, -0.1) is 0 Å². The Morgan fingerprint density at radius 2 is 1.86 bits per heavy atom. The van der Waals surface area contributed by atoms with Crippen molar-refractivity contribution in [2.45, 2.75) is 89.6 Å². The molecule has 1 aromatic heterocycles. The van der Waals surface area contributed by atoms with Crippen molar-refractivity contribution in [2.24, 2.45) is 9.98 Å². The van der Waals surface area contributed by atoms with Crippen LogP contribution in [0.2, 0.25) is 0 Å². The molecule has 1 atom stereocenters. The third-order valence-electron chi connectivity index (χ3n) is 8.04. The number of pyridine rings is 1. The van der Waals surface area contributed by atoms with Gasteiger partial charge in [-0.05, 0) is 70.8 Å². The topological polar surface area (TPSA) is 108 Å². The van der Waals surface area contributed by atoms with Gasteiger partial charge in [0.15, 0.2) is 0 Å². The predicted octanol–water partition coefficient (Wildman–Crippen LogP) is 2.93. The first kappa shape index (κ1) is 31.9. The summed E-state index contributed by atoms with van der Waals surface area (Å²) in [7, 11) is -0.242. The largest absolute Gasteiger partial charge is 0.390 e. The molecule has 0 amide bonds. The molecule has 2 heterocycles. The van der Waals surface area contributed by atoms with Crippen LogP contribution in [0.4, 0.5) is 17.6 Å². The van der Waals surface area contributed by atoms with E-state index in [2.05, 4.69) is 29.3 Å². The molecule has 0 aromatic carbocycles. The molecule has 2 N–H and O–H groups in total. The van der Waals surface area contributed by atoms with Crippen LogP contribution >= 0.6 is 0 Å². The van der Waals surface area contributed by atoms with Crippen LogP contribution in [0.1, 0.15) is 70.4 Å². The van der Waals surface area contributed by atoms with Crippen molar-refractivity contribution in [1.29, 1.82) is 0 Å². The minimum Gasteiger partial charge on any atom is -0.352 e. The van der Waals surface area contributed by atoms with E-state index in [1.807, 2.05) is 18.6 Å². The zero-order valence-corrected chi connectivity index (χ0v) is 25.1. The Bertz CT molecular complexity index is 1570. The van der Waals surface area contributed by atoms with Gasteiger partial charge in [-0.1, -0.05) is 13.0 Å². The number of aromatic nitrogens is 1. The molecule has 1 saturated carbocycles. The molecule has 232 valence electrons. The van der Waals surface area contributed by atoms with Gasteiger partial charge < -0.3 is 10.2 Å². The molecule has 2 aliphatic carbocycles. The summed E-state index contributed by atoms with van der Waals surface area (Å²) in [6, 6.07) is 2.23. The standard InChI is InChI=1S/C28H38F4N6O3S/c1-5-17(2)38-25-19(16-33-27(35-25)34-20-7-9-21(10-8-20)37(3)4)14-22(26(38)39)18-6-11-24(23(29)15-18)36-42(40,41)13-12-28(30,31)32/h6,11,14,17,20-21,36H,5,7-10,12-13,15-16H2,1-4H3,(H,33,34)/t17-,20?,21?/m0/s1. The highest BCUT2D eigenvalue weighted by molar-refractivity contribution is 7.89. The fourth-order valence-corrected chi connectivity index (χ4v) is 6.49. The molecule has 0 saturated heterocycles. The zero-order valence-electron chi connectivity index (χ0n) is 24.3. The Labute approximate surface area is 242 Å². The van der Waals surface area contributed by atoms with E-state index in [1.54, 1.807) is 10.6 Å². The molecule has 14 heteroatoms. The summed E-state index contributed by atoms with van der Waals surface area (Å²) in [6.45, 7) is 4.12. The van der Waals surface area contributed by atoms with E-state index in [4.69, 9.17) is 4.99 Å². The lowest BCUT2D eigenvalue weighted by atomic mass is 9.90. The van der Waals surface area contributed by atoms with Crippen LogP contribution in [-0.2, 0) is 16.6 Å². The van der Waals surface area contributed by atoms with Gasteiger partial charge in [-0.2, -0.15) is 18.2 Å². The highest BCUT2D eigenvalue weighted by Gasteiger charge is 2.31. The smallest absolute Gasteiger partial charge is 0.352 e. The van der Waals surface area contributed by atoms with Gasteiger partial charge in [0, 0.05) is 35.3 Å². The van der Waals surface area contributed by atoms with Crippen molar-refractivity contribution in [3.8, 4) is 0 Å². The molecule has 4 rings (SSSR count). The summed E-state index contributed by atoms with van der Waals surface area (Å²) in [6.07, 6.45) is 0.699. The average Bonchev–Trinajstić information content (AvgIpc) is 2.92. The van der Waals surface area contributed by atoms with Crippen molar-refractivity contribution in [3.05, 3.63) is 56.4 Å². The first-order chi connectivity index (χ1) is 19.7. The van der Waals surface area contributed by atoms with Gasteiger partial charge in [-0.3, -0.25) is 14.1 Å². The number of hydrogen-bond acceptors (Lipinski definition) is 7. The van der Waals surface area contributed by atoms with Crippen LogP contribution in [0, 0.1) is 0 Å². The van der Waals surface area contributed by atoms with Crippen LogP contribution < -0.4 is 26.3 Å². The Kier molecular flexibility index (Phi) is 9.65. The van der Waals surface area contributed by atoms with Crippen LogP contribution in [0.5, 0.6) is 0 Å². The molecule has 9 nitrogen and oxygen atoms in total. The maximum atomic E-state index is 15.0. The first-order valence-electron chi connectivity index (χ1n) is 14.1. The number of nitrogens with one attached hydrogen (secondary N) is 2. The van der Waals surface area contributed by atoms with E-state index in [1.165, 1.54) is 6.08 Å². The van der Waals surface area contributed by atoms with Crippen LogP contribution in [0.15, 0.2) is 44.5 Å². The maximum Gasteiger partial charge on any atom is 0.390 e. The first-order valence-corrected chi connectivity index (χ1v) is 15.8. The van der Waals surface area contributed by atoms with Gasteiger partial charge in [-0.25, -0.2) is 17.8 Å². The van der Waals surface area contributed by atoms with Crippen molar-refractivity contribution in [2.75, 3.05) is 19.8 Å². The summed E-state index contributed by atoms with van der Waals surface area (Å²) < 4.78 is 80.1. The van der Waals surface area contributed by atoms with Gasteiger partial charge in [0.1, 0.15) is 11.3 Å². The number of alkyl halides is 3. The lowest BCUT2D eigenvalue weighted by Crippen LogP contribution is -2.49. The highest BCUT2D eigenvalue weighted by Crippen LogP contribution is 2.25. The number of fused-ring (bicyclic) bond motifs is 1. The zero-order chi connectivity index (χ0) is 30.8. The van der Waals surface area contributed by atoms with Gasteiger partial charge in [0.25, 0.3) is 5.56 Å². The SMILES string of the molecule is CC[C@H](C)n1c2c(cc(=C3C=CC(NS(=O)(=O)CCC(F)(F)F)=C(F)C3)c1=O)CN=C(NC1CCC(N(C)C)CC1)N=2. The Morgan fingerprint density at radius 3 is 2.45 bits per heavy atom. The van der Waals surface area contributed by atoms with Crippen molar-refractivity contribution < 1.29 is 26.0 Å². The fourth-order valence-electron chi connectivity index (χ4n) is 5.38. The van der Waals surface area contributed by atoms with Gasteiger partial charge in [0.05, 0.1) is 24.4 Å². The number of hydrogen-bond donors (Lipinski definition) is 2. The predicted molar refractivity (Wildman–Crippen MR) is 153 cm³/mol. The molecular weight excluding hydrogens is 576 g/mol. The second kappa shape index (κ2) is 12.7. The van der Waals surface area contributed by atoms with E-state index < -0.39 is 46.3 Å². The van der Waals surface area contributed by atoms with Crippen molar-refractivity contribution in [1.82, 2.24) is 19.5 Å². The minimum absolute atomic E-state index is 0.214. The Hall–Kier alpha value is -3.00. The van der Waals surface area contributed by atoms with Crippen molar-refractivity contribution in [3.63, 3.8) is 0 Å². The number of sulfonamides is 1. The second-order valence-corrected chi connectivity index (χ2v) is 13.2. The van der Waals surface area contributed by atoms with E-state index >= 15 is 4.39 Å². The monoisotopic (exact) mass is 614 g/mol. The molecule has 0 radical (unpaired) electrons. The highest BCUT2D eigenvalue weighted by atomic mass is 32.2. The molecule has 42 heavy (non-hydrogen) atoms. The van der Waals surface area contributed by atoms with E-state index in [9.17, 15) is 26.4 Å². The van der Waals surface area contributed by atoms with Gasteiger partial charge >= 0.3 is 6.18 Å². The van der Waals surface area contributed by atoms with Crippen LogP contribution in [0.3, 0.4) is 0 Å². The second-order valence-electron chi connectivity index (χ2n) is 11.3. The lowest BCUT2D eigenvalue weighted by Gasteiger charge is -2.33. The van der Waals surface area contributed by atoms with E-state index in [-0.39, 0.29) is 29.4 Å². The number of nitrogens with zero attached hydrogens (tertiary/aromatic N) is 4. The summed E-state index contributed by atoms with van der Waals surface area (Å²) in [4.78, 5) is 25.4. The molecule has 0 unspecified atom stereocenters. The lowest BCUT2D eigenvalue weighted by molar-refractivity contribution is -0.129. The number of halogens is 4. The molecule has 1 aliphatic heterocycles. The van der Waals surface area contributed by atoms with Gasteiger partial charge in [0.2, 0.25) is 16.0 Å². The third-order valence-corrected chi connectivity index (χ3v) is 9.31. The van der Waals surface area contributed by atoms with Crippen molar-refractivity contribution >= 4 is 21.6 Å². The molecule has 1 aromatic rings. The quantitative estimate of drug-likeness (QED) is 0.438. The summed E-state index contributed by atoms with van der Waals surface area (Å²) in [5, 5.41) is 3.68. The normalized spacial score (nSPS) is 23.3. The number of aliphatic imine (C=N–C) groups is 1. The Morgan fingerprint density at radius 1 is 1.17 bits per heavy atom. The molecule has 0 bridgehead atoms. The Balaban J connectivity index is 1.62. The van der Waals surface area contributed by atoms with Crippen LogP contribution in [-0.4, -0.2) is 62.0 Å². The summed E-state index contributed by atoms with van der Waals surface area (Å²) >= 11 is 0. The van der Waals surface area contributed by atoms with E-state index in [0.29, 0.717) is 35.0 Å². The molecule has 1 fully saturated rings. The minimum atomic E-state index is -4.66. The summed E-state index contributed by atoms with van der Waals surface area (Å²) in [5.74, 6) is -1.63.